The number of aryl methyl sites for hydroxylation is 1. The molecule has 0 radical (unpaired) electrons. The third-order valence-electron chi connectivity index (χ3n) is 7.16. The van der Waals surface area contributed by atoms with Crippen LogP contribution in [0.25, 0.3) is 9.75 Å². The molecule has 2 aliphatic heterocycles. The van der Waals surface area contributed by atoms with E-state index >= 15 is 0 Å². The fourth-order valence-electron chi connectivity index (χ4n) is 4.95. The van der Waals surface area contributed by atoms with Crippen LogP contribution in [0.4, 0.5) is 0 Å². The fourth-order valence-corrected chi connectivity index (χ4v) is 11.1. The average molecular weight is 626 g/mol. The molecule has 3 aromatic heterocycles. The van der Waals surface area contributed by atoms with Crippen LogP contribution in [0.3, 0.4) is 0 Å². The van der Waals surface area contributed by atoms with Crippen LogP contribution in [0, 0.1) is 6.92 Å². The van der Waals surface area contributed by atoms with Gasteiger partial charge in [0, 0.05) is 53.1 Å². The van der Waals surface area contributed by atoms with E-state index < -0.39 is 49.0 Å². The second-order valence-corrected chi connectivity index (χ2v) is 16.3. The van der Waals surface area contributed by atoms with Crippen molar-refractivity contribution in [2.24, 2.45) is 0 Å². The van der Waals surface area contributed by atoms with Gasteiger partial charge < -0.3 is 4.74 Å². The van der Waals surface area contributed by atoms with Gasteiger partial charge in [-0.25, -0.2) is 27.2 Å². The van der Waals surface area contributed by atoms with Gasteiger partial charge in [-0.3, -0.25) is 9.78 Å². The molecule has 5 heterocycles. The molecule has 2 fully saturated rings. The van der Waals surface area contributed by atoms with E-state index in [1.807, 2.05) is 24.4 Å². The van der Waals surface area contributed by atoms with E-state index in [-0.39, 0.29) is 24.4 Å². The van der Waals surface area contributed by atoms with Crippen molar-refractivity contribution >= 4 is 48.4 Å². The van der Waals surface area contributed by atoms with Crippen LogP contribution in [0.5, 0.6) is 0 Å². The number of ether oxygens (including phenoxy) is 1. The Morgan fingerprint density at radius 2 is 2.10 bits per heavy atom. The van der Waals surface area contributed by atoms with Crippen LogP contribution in [0.2, 0.25) is 0 Å². The van der Waals surface area contributed by atoms with E-state index in [4.69, 9.17) is 9.57 Å². The minimum Gasteiger partial charge on any atom is -0.350 e. The summed E-state index contributed by atoms with van der Waals surface area (Å²) in [5.74, 6) is -1.04. The number of hydrogen-bond donors (Lipinski definition) is 1. The number of carbonyl (C=O) groups is 1. The summed E-state index contributed by atoms with van der Waals surface area (Å²) in [6, 6.07) is 8.59. The van der Waals surface area contributed by atoms with Crippen molar-refractivity contribution in [2.45, 2.75) is 55.0 Å². The molecule has 40 heavy (non-hydrogen) atoms. The summed E-state index contributed by atoms with van der Waals surface area (Å²) in [4.78, 5) is 25.0. The number of rotatable bonds is 8. The van der Waals surface area contributed by atoms with E-state index in [1.54, 1.807) is 17.4 Å². The van der Waals surface area contributed by atoms with Gasteiger partial charge in [0.25, 0.3) is 0 Å². The van der Waals surface area contributed by atoms with Crippen LogP contribution in [-0.2, 0) is 39.0 Å². The van der Waals surface area contributed by atoms with Gasteiger partial charge >= 0.3 is 0 Å². The SMILES string of the molecule is Cc1csc(-c2ccc(C3(CC(=O)NOC4CCCCO4)CCN(S(=O)(=O)c4cccnc4)CCS3(=O)=O)s2)c1. The van der Waals surface area contributed by atoms with E-state index in [9.17, 15) is 21.6 Å². The molecule has 10 nitrogen and oxygen atoms in total. The largest absolute Gasteiger partial charge is 0.350 e. The summed E-state index contributed by atoms with van der Waals surface area (Å²) < 4.78 is 59.9. The zero-order valence-electron chi connectivity index (χ0n) is 21.9. The highest BCUT2D eigenvalue weighted by Gasteiger charge is 2.50. The first-order valence-corrected chi connectivity index (χ1v) is 17.7. The number of amides is 1. The summed E-state index contributed by atoms with van der Waals surface area (Å²) in [5, 5.41) is 2.02. The summed E-state index contributed by atoms with van der Waals surface area (Å²) >= 11 is 2.88. The Kier molecular flexibility index (Phi) is 8.76. The topological polar surface area (TPSA) is 132 Å². The maximum atomic E-state index is 14.1. The second-order valence-electron chi connectivity index (χ2n) is 9.92. The third-order valence-corrected chi connectivity index (χ3v) is 14.2. The fraction of sp³-hybridized carbons (Fsp3) is 0.462. The molecule has 2 atom stereocenters. The summed E-state index contributed by atoms with van der Waals surface area (Å²) in [7, 11) is -7.99. The van der Waals surface area contributed by atoms with Gasteiger partial charge in [-0.15, -0.1) is 22.7 Å². The molecule has 216 valence electrons. The van der Waals surface area contributed by atoms with Crippen molar-refractivity contribution < 1.29 is 31.2 Å². The lowest BCUT2D eigenvalue weighted by molar-refractivity contribution is -0.200. The summed E-state index contributed by atoms with van der Waals surface area (Å²) in [5.41, 5.74) is 3.50. The van der Waals surface area contributed by atoms with Crippen LogP contribution in [0.1, 0.15) is 42.5 Å². The van der Waals surface area contributed by atoms with E-state index in [0.29, 0.717) is 17.9 Å². The molecule has 2 aliphatic rings. The zero-order chi connectivity index (χ0) is 28.4. The minimum absolute atomic E-state index is 0.00926. The predicted molar refractivity (Wildman–Crippen MR) is 153 cm³/mol. The van der Waals surface area contributed by atoms with Crippen molar-refractivity contribution in [3.63, 3.8) is 0 Å². The Morgan fingerprint density at radius 1 is 1.25 bits per heavy atom. The van der Waals surface area contributed by atoms with Crippen LogP contribution < -0.4 is 5.48 Å². The first-order chi connectivity index (χ1) is 19.1. The van der Waals surface area contributed by atoms with E-state index in [1.165, 1.54) is 40.2 Å². The lowest BCUT2D eigenvalue weighted by atomic mass is 9.97. The molecular weight excluding hydrogens is 595 g/mol. The minimum atomic E-state index is -4.01. The van der Waals surface area contributed by atoms with Crippen molar-refractivity contribution in [1.82, 2.24) is 14.8 Å². The Morgan fingerprint density at radius 3 is 2.80 bits per heavy atom. The molecule has 0 saturated carbocycles. The maximum absolute atomic E-state index is 14.1. The van der Waals surface area contributed by atoms with Gasteiger partial charge in [0.2, 0.25) is 15.9 Å². The lowest BCUT2D eigenvalue weighted by Gasteiger charge is -2.31. The third kappa shape index (κ3) is 6.03. The monoisotopic (exact) mass is 625 g/mol. The number of thiophene rings is 2. The lowest BCUT2D eigenvalue weighted by Crippen LogP contribution is -2.43. The van der Waals surface area contributed by atoms with Gasteiger partial charge in [0.05, 0.1) is 12.2 Å². The highest BCUT2D eigenvalue weighted by atomic mass is 32.2. The van der Waals surface area contributed by atoms with Gasteiger partial charge in [-0.2, -0.15) is 4.31 Å². The highest BCUT2D eigenvalue weighted by molar-refractivity contribution is 7.92. The number of nitrogens with one attached hydrogen (secondary N) is 1. The van der Waals surface area contributed by atoms with E-state index in [0.717, 1.165) is 28.2 Å². The number of nitrogens with zero attached hydrogens (tertiary/aromatic N) is 2. The van der Waals surface area contributed by atoms with Crippen LogP contribution >= 0.6 is 22.7 Å². The molecule has 1 N–H and O–H groups in total. The molecule has 1 amide bonds. The average Bonchev–Trinajstić information content (AvgIpc) is 3.59. The molecule has 5 rings (SSSR count). The van der Waals surface area contributed by atoms with Crippen LogP contribution in [-0.4, -0.2) is 63.8 Å². The highest BCUT2D eigenvalue weighted by Crippen LogP contribution is 2.46. The van der Waals surface area contributed by atoms with E-state index in [2.05, 4.69) is 10.5 Å². The maximum Gasteiger partial charge on any atom is 0.245 e. The molecule has 14 heteroatoms. The van der Waals surface area contributed by atoms with Gasteiger partial charge in [-0.1, -0.05) is 0 Å². The molecule has 2 unspecified atom stereocenters. The molecule has 0 aromatic carbocycles. The molecule has 0 aliphatic carbocycles. The van der Waals surface area contributed by atoms with Gasteiger partial charge in [0.15, 0.2) is 16.1 Å². The molecule has 3 aromatic rings. The molecule has 0 bridgehead atoms. The van der Waals surface area contributed by atoms with Crippen molar-refractivity contribution in [3.8, 4) is 9.75 Å². The number of hydroxylamine groups is 1. The summed E-state index contributed by atoms with van der Waals surface area (Å²) in [6.07, 6.45) is 4.07. The Labute approximate surface area is 242 Å². The number of hydrogen-bond acceptors (Lipinski definition) is 10. The molecular formula is C26H31N3O7S4. The Hall–Kier alpha value is -2.20. The smallest absolute Gasteiger partial charge is 0.245 e. The molecule has 0 spiro atoms. The van der Waals surface area contributed by atoms with Crippen molar-refractivity contribution in [2.75, 3.05) is 25.4 Å². The second kappa shape index (κ2) is 12.0. The van der Waals surface area contributed by atoms with Gasteiger partial charge in [-0.05, 0) is 67.5 Å². The number of sulfone groups is 1. The number of aromatic nitrogens is 1. The number of carbonyl (C=O) groups excluding carboxylic acids is 1. The van der Waals surface area contributed by atoms with Crippen molar-refractivity contribution in [1.29, 1.82) is 0 Å². The predicted octanol–water partition coefficient (Wildman–Crippen LogP) is 3.85. The first-order valence-electron chi connectivity index (χ1n) is 13.0. The molecule has 2 saturated heterocycles. The van der Waals surface area contributed by atoms with Crippen LogP contribution in [0.15, 0.2) is 53.0 Å². The first kappa shape index (κ1) is 29.3. The quantitative estimate of drug-likeness (QED) is 0.374. The normalized spacial score (nSPS) is 23.9. The van der Waals surface area contributed by atoms with Crippen molar-refractivity contribution in [3.05, 3.63) is 58.5 Å². The van der Waals surface area contributed by atoms with Gasteiger partial charge in [0.1, 0.15) is 9.64 Å². The standard InChI is InChI=1S/C26H31N3O7S4/c1-19-15-22(37-18-19)21-7-8-23(38-21)26(16-24(30)28-36-25-6-2-3-13-35-25)9-11-29(12-14-39(26,31)32)40(33,34)20-5-4-10-27-17-20/h4-5,7-8,10,15,17-18,25H,2-3,6,9,11-14,16H2,1H3,(H,28,30). The number of pyridine rings is 1. The number of sulfonamides is 1. The zero-order valence-corrected chi connectivity index (χ0v) is 25.2. The Balaban J connectivity index is 1.47. The Bertz CT molecular complexity index is 1550. The summed E-state index contributed by atoms with van der Waals surface area (Å²) in [6.45, 7) is 2.21.